The Bertz CT molecular complexity index is 597. The molecule has 0 bridgehead atoms. The molecule has 0 saturated heterocycles. The number of hydrogen-bond acceptors (Lipinski definition) is 8. The third-order valence-corrected chi connectivity index (χ3v) is 5.69. The summed E-state index contributed by atoms with van der Waals surface area (Å²) in [7, 11) is 1.72. The van der Waals surface area contributed by atoms with Gasteiger partial charge in [-0.3, -0.25) is 0 Å². The first kappa shape index (κ1) is 15.3. The summed E-state index contributed by atoms with van der Waals surface area (Å²) in [4.78, 5) is 14.2. The molecule has 108 valence electrons. The van der Waals surface area contributed by atoms with Crippen molar-refractivity contribution >= 4 is 40.7 Å². The van der Waals surface area contributed by atoms with Gasteiger partial charge in [0.1, 0.15) is 0 Å². The van der Waals surface area contributed by atoms with E-state index in [0.717, 1.165) is 22.9 Å². The molecule has 0 amide bonds. The third kappa shape index (κ3) is 3.70. The highest BCUT2D eigenvalue weighted by Crippen LogP contribution is 2.37. The van der Waals surface area contributed by atoms with Crippen molar-refractivity contribution in [2.75, 3.05) is 5.75 Å². The maximum absolute atomic E-state index is 10.9. The van der Waals surface area contributed by atoms with Gasteiger partial charge < -0.3 is 14.7 Å². The molecule has 0 N–H and O–H groups in total. The molecule has 0 aliphatic heterocycles. The highest BCUT2D eigenvalue weighted by atomic mass is 32.2. The van der Waals surface area contributed by atoms with Gasteiger partial charge in [-0.25, -0.2) is 0 Å². The molecule has 20 heavy (non-hydrogen) atoms. The molecule has 7 nitrogen and oxygen atoms in total. The maximum atomic E-state index is 10.9. The monoisotopic (exact) mass is 331 g/mol. The Morgan fingerprint density at radius 2 is 2.20 bits per heavy atom. The number of nitro groups is 1. The zero-order chi connectivity index (χ0) is 14.5. The summed E-state index contributed by atoms with van der Waals surface area (Å²) < 4.78 is 3.20. The minimum Gasteiger partial charge on any atom is -0.358 e. The molecule has 2 aromatic rings. The highest BCUT2D eigenvalue weighted by Gasteiger charge is 2.22. The molecule has 10 heteroatoms. The fourth-order valence-electron chi connectivity index (χ4n) is 1.33. The second kappa shape index (κ2) is 7.04. The summed E-state index contributed by atoms with van der Waals surface area (Å²) in [5.41, 5.74) is 0. The Labute approximate surface area is 128 Å². The number of aromatic nitrogens is 4. The van der Waals surface area contributed by atoms with Gasteiger partial charge in [0.25, 0.3) is 0 Å². The maximum Gasteiger partial charge on any atom is 0.396 e. The third-order valence-electron chi connectivity index (χ3n) is 2.33. The van der Waals surface area contributed by atoms with Crippen LogP contribution in [-0.2, 0) is 7.05 Å². The predicted molar refractivity (Wildman–Crippen MR) is 79.5 cm³/mol. The van der Waals surface area contributed by atoms with E-state index in [0.29, 0.717) is 9.37 Å². The van der Waals surface area contributed by atoms with Crippen molar-refractivity contribution in [2.24, 2.45) is 7.05 Å². The van der Waals surface area contributed by atoms with E-state index in [1.54, 1.807) is 23.4 Å². The fourth-order valence-corrected chi connectivity index (χ4v) is 4.53. The van der Waals surface area contributed by atoms with Gasteiger partial charge in [0, 0.05) is 12.8 Å². The summed E-state index contributed by atoms with van der Waals surface area (Å²) in [6, 6.07) is 0. The average Bonchev–Trinajstić information content (AvgIpc) is 2.99. The summed E-state index contributed by atoms with van der Waals surface area (Å²) in [6.45, 7) is 2.14. The van der Waals surface area contributed by atoms with Crippen LogP contribution in [0.5, 0.6) is 0 Å². The number of hydrogen-bond donors (Lipinski definition) is 0. The molecule has 0 spiro atoms. The van der Waals surface area contributed by atoms with Crippen molar-refractivity contribution < 1.29 is 4.92 Å². The zero-order valence-electron chi connectivity index (χ0n) is 11.0. The van der Waals surface area contributed by atoms with Crippen molar-refractivity contribution in [1.82, 2.24) is 19.7 Å². The van der Waals surface area contributed by atoms with Crippen molar-refractivity contribution in [2.45, 2.75) is 33.5 Å². The Balaban J connectivity index is 2.07. The van der Waals surface area contributed by atoms with E-state index in [2.05, 4.69) is 22.1 Å². The van der Waals surface area contributed by atoms with Crippen molar-refractivity contribution in [3.05, 3.63) is 16.4 Å². The number of imidazole rings is 1. The van der Waals surface area contributed by atoms with Crippen LogP contribution < -0.4 is 0 Å². The summed E-state index contributed by atoms with van der Waals surface area (Å²) in [5.74, 6) is 0.870. The molecular formula is C10H13N5O2S3. The van der Waals surface area contributed by atoms with Crippen LogP contribution in [0, 0.1) is 10.1 Å². The minimum absolute atomic E-state index is 0.145. The van der Waals surface area contributed by atoms with Crippen LogP contribution in [0.4, 0.5) is 5.82 Å². The Morgan fingerprint density at radius 1 is 1.45 bits per heavy atom. The van der Waals surface area contributed by atoms with Crippen LogP contribution in [0.1, 0.15) is 19.8 Å². The van der Waals surface area contributed by atoms with Crippen LogP contribution in [-0.4, -0.2) is 30.4 Å². The molecule has 2 aromatic heterocycles. The second-order valence-electron chi connectivity index (χ2n) is 3.88. The minimum atomic E-state index is -0.486. The van der Waals surface area contributed by atoms with Gasteiger partial charge in [-0.1, -0.05) is 36.4 Å². The van der Waals surface area contributed by atoms with Crippen molar-refractivity contribution in [3.8, 4) is 0 Å². The van der Waals surface area contributed by atoms with Crippen LogP contribution in [0.15, 0.2) is 20.0 Å². The zero-order valence-corrected chi connectivity index (χ0v) is 13.4. The van der Waals surface area contributed by atoms with Gasteiger partial charge >= 0.3 is 5.82 Å². The number of unbranched alkanes of at least 4 members (excludes halogenated alkanes) is 1. The second-order valence-corrected chi connectivity index (χ2v) is 7.43. The molecule has 2 heterocycles. The predicted octanol–water partition coefficient (Wildman–Crippen LogP) is 3.22. The lowest BCUT2D eigenvalue weighted by Gasteiger charge is -1.97. The molecule has 0 aliphatic carbocycles. The van der Waals surface area contributed by atoms with Crippen LogP contribution >= 0.6 is 34.9 Å². The summed E-state index contributed by atoms with van der Waals surface area (Å²) >= 11 is 4.35. The molecule has 0 saturated carbocycles. The van der Waals surface area contributed by atoms with Crippen molar-refractivity contribution in [1.29, 1.82) is 0 Å². The molecule has 0 aromatic carbocycles. The first-order valence-electron chi connectivity index (χ1n) is 5.91. The van der Waals surface area contributed by atoms with Crippen LogP contribution in [0.25, 0.3) is 0 Å². The number of nitrogens with zero attached hydrogens (tertiary/aromatic N) is 5. The fraction of sp³-hybridized carbons (Fsp3) is 0.500. The van der Waals surface area contributed by atoms with Crippen LogP contribution in [0.2, 0.25) is 0 Å². The quantitative estimate of drug-likeness (QED) is 0.333. The molecular weight excluding hydrogens is 318 g/mol. The standard InChI is InChI=1S/C10H13N5O2S3/c1-3-4-5-18-9-12-13-10(20-9)19-8-7(15(16)17)11-6-14(8)2/h6H,3-5H2,1-2H3. The van der Waals surface area contributed by atoms with E-state index in [-0.39, 0.29) is 5.82 Å². The average molecular weight is 331 g/mol. The number of aryl methyl sites for hydroxylation is 1. The smallest absolute Gasteiger partial charge is 0.358 e. The molecule has 0 unspecified atom stereocenters. The summed E-state index contributed by atoms with van der Waals surface area (Å²) in [6.07, 6.45) is 3.72. The molecule has 0 fully saturated rings. The van der Waals surface area contributed by atoms with Gasteiger partial charge in [0.05, 0.1) is 0 Å². The van der Waals surface area contributed by atoms with Gasteiger partial charge in [-0.05, 0) is 28.1 Å². The normalized spacial score (nSPS) is 10.9. The van der Waals surface area contributed by atoms with Crippen molar-refractivity contribution in [3.63, 3.8) is 0 Å². The summed E-state index contributed by atoms with van der Waals surface area (Å²) in [5, 5.41) is 19.5. The number of thioether (sulfide) groups is 1. The molecule has 0 radical (unpaired) electrons. The van der Waals surface area contributed by atoms with E-state index < -0.39 is 4.92 Å². The van der Waals surface area contributed by atoms with Crippen LogP contribution in [0.3, 0.4) is 0 Å². The lowest BCUT2D eigenvalue weighted by atomic mass is 10.4. The largest absolute Gasteiger partial charge is 0.396 e. The van der Waals surface area contributed by atoms with E-state index in [4.69, 9.17) is 0 Å². The first-order valence-corrected chi connectivity index (χ1v) is 8.53. The number of rotatable bonds is 7. The lowest BCUT2D eigenvalue weighted by Crippen LogP contribution is -1.93. The SMILES string of the molecule is CCCCSc1nnc(Sc2c([N+](=O)[O-])ncn2C)s1. The molecule has 0 atom stereocenters. The van der Waals surface area contributed by atoms with Gasteiger partial charge in [0.15, 0.2) is 13.7 Å². The Morgan fingerprint density at radius 3 is 2.90 bits per heavy atom. The lowest BCUT2D eigenvalue weighted by molar-refractivity contribution is -0.392. The van der Waals surface area contributed by atoms with Gasteiger partial charge in [-0.2, -0.15) is 0 Å². The highest BCUT2D eigenvalue weighted by molar-refractivity contribution is 8.03. The Kier molecular flexibility index (Phi) is 5.38. The van der Waals surface area contributed by atoms with E-state index >= 15 is 0 Å². The molecule has 2 rings (SSSR count). The van der Waals surface area contributed by atoms with E-state index in [1.807, 2.05) is 0 Å². The Hall–Kier alpha value is -1.13. The van der Waals surface area contributed by atoms with Gasteiger partial charge in [0.2, 0.25) is 6.33 Å². The van der Waals surface area contributed by atoms with Gasteiger partial charge in [-0.15, -0.1) is 10.2 Å². The van der Waals surface area contributed by atoms with E-state index in [1.165, 1.54) is 29.4 Å². The topological polar surface area (TPSA) is 86.7 Å². The molecule has 0 aliphatic rings. The first-order chi connectivity index (χ1) is 9.61. The van der Waals surface area contributed by atoms with E-state index in [9.17, 15) is 10.1 Å².